The van der Waals surface area contributed by atoms with E-state index in [9.17, 15) is 34.8 Å². The lowest BCUT2D eigenvalue weighted by Crippen LogP contribution is -2.30. The third-order valence-electron chi connectivity index (χ3n) is 3.91. The number of anilines is 1. The van der Waals surface area contributed by atoms with Crippen LogP contribution in [0.4, 0.5) is 32.0 Å². The highest BCUT2D eigenvalue weighted by Crippen LogP contribution is 2.33. The zero-order valence-electron chi connectivity index (χ0n) is 15.4. The molecule has 166 valence electrons. The highest BCUT2D eigenvalue weighted by molar-refractivity contribution is 7.92. The topological polar surface area (TPSA) is 89.2 Å². The molecule has 0 bridgehead atoms. The summed E-state index contributed by atoms with van der Waals surface area (Å²) in [5, 5.41) is 6.16. The molecule has 0 saturated heterocycles. The average Bonchev–Trinajstić information content (AvgIpc) is 3.16. The fourth-order valence-corrected chi connectivity index (χ4v) is 3.35. The Kier molecular flexibility index (Phi) is 5.69. The molecule has 31 heavy (non-hydrogen) atoms. The predicted molar refractivity (Wildman–Crippen MR) is 95.0 cm³/mol. The molecule has 14 heteroatoms. The van der Waals surface area contributed by atoms with Gasteiger partial charge in [-0.3, -0.25) is 9.29 Å². The van der Waals surface area contributed by atoms with Crippen molar-refractivity contribution in [2.24, 2.45) is 0 Å². The molecule has 0 atom stereocenters. The van der Waals surface area contributed by atoms with Crippen molar-refractivity contribution in [3.63, 3.8) is 0 Å². The minimum absolute atomic E-state index is 0.0386. The van der Waals surface area contributed by atoms with E-state index in [1.165, 1.54) is 18.2 Å². The Bertz CT molecular complexity index is 1170. The summed E-state index contributed by atoms with van der Waals surface area (Å²) in [4.78, 5) is 3.94. The van der Waals surface area contributed by atoms with E-state index in [1.807, 2.05) is 0 Å². The number of hydrogen-bond acceptors (Lipinski definition) is 6. The van der Waals surface area contributed by atoms with Crippen LogP contribution >= 0.6 is 0 Å². The van der Waals surface area contributed by atoms with Crippen molar-refractivity contribution >= 4 is 15.7 Å². The molecule has 0 N–H and O–H groups in total. The Labute approximate surface area is 171 Å². The number of aromatic nitrogens is 3. The predicted octanol–water partition coefficient (Wildman–Crippen LogP) is 4.14. The maximum Gasteiger partial charge on any atom is 0.470 e. The Morgan fingerprint density at radius 2 is 1.71 bits per heavy atom. The SMILES string of the molecule is CS(=O)(=O)N(Cc1ccc(-c2nnc(C(F)(F)F)o2)cn1)c1cccc(C(F)(F)F)c1. The van der Waals surface area contributed by atoms with Gasteiger partial charge < -0.3 is 4.42 Å². The second-order valence-electron chi connectivity index (χ2n) is 6.27. The van der Waals surface area contributed by atoms with Crippen molar-refractivity contribution in [1.82, 2.24) is 15.2 Å². The second kappa shape index (κ2) is 7.83. The summed E-state index contributed by atoms with van der Waals surface area (Å²) < 4.78 is 106. The first-order valence-corrected chi connectivity index (χ1v) is 10.1. The van der Waals surface area contributed by atoms with Crippen molar-refractivity contribution in [3.8, 4) is 11.5 Å². The zero-order chi connectivity index (χ0) is 23.0. The van der Waals surface area contributed by atoms with E-state index >= 15 is 0 Å². The minimum Gasteiger partial charge on any atom is -0.413 e. The fraction of sp³-hybridized carbons (Fsp3) is 0.235. The van der Waals surface area contributed by atoms with Gasteiger partial charge in [0.1, 0.15) is 0 Å². The summed E-state index contributed by atoms with van der Waals surface area (Å²) in [6.07, 6.45) is -7.59. The monoisotopic (exact) mass is 466 g/mol. The molecule has 0 aliphatic heterocycles. The highest BCUT2D eigenvalue weighted by atomic mass is 32.2. The molecular formula is C17H12F6N4O3S. The van der Waals surface area contributed by atoms with E-state index in [4.69, 9.17) is 0 Å². The molecule has 0 spiro atoms. The van der Waals surface area contributed by atoms with E-state index in [0.717, 1.165) is 28.9 Å². The molecule has 0 aliphatic rings. The second-order valence-corrected chi connectivity index (χ2v) is 8.17. The quantitative estimate of drug-likeness (QED) is 0.526. The Morgan fingerprint density at radius 3 is 2.23 bits per heavy atom. The van der Waals surface area contributed by atoms with Gasteiger partial charge in [0.2, 0.25) is 15.9 Å². The molecule has 1 aromatic carbocycles. The summed E-state index contributed by atoms with van der Waals surface area (Å²) in [6, 6.07) is 6.30. The number of rotatable bonds is 5. The number of sulfonamides is 1. The Balaban J connectivity index is 1.88. The van der Waals surface area contributed by atoms with Crippen LogP contribution in [0.25, 0.3) is 11.5 Å². The lowest BCUT2D eigenvalue weighted by molar-refractivity contribution is -0.157. The number of benzene rings is 1. The smallest absolute Gasteiger partial charge is 0.413 e. The van der Waals surface area contributed by atoms with Gasteiger partial charge >= 0.3 is 18.2 Å². The summed E-state index contributed by atoms with van der Waals surface area (Å²) >= 11 is 0. The number of pyridine rings is 1. The number of hydrogen-bond donors (Lipinski definition) is 0. The normalized spacial score (nSPS) is 12.7. The van der Waals surface area contributed by atoms with Gasteiger partial charge in [0.05, 0.1) is 35.3 Å². The molecule has 3 rings (SSSR count). The third-order valence-corrected chi connectivity index (χ3v) is 5.05. The molecule has 0 fully saturated rings. The van der Waals surface area contributed by atoms with E-state index in [1.54, 1.807) is 0 Å². The first-order chi connectivity index (χ1) is 14.2. The summed E-state index contributed by atoms with van der Waals surface area (Å²) in [6.45, 7) is -0.419. The van der Waals surface area contributed by atoms with Gasteiger partial charge in [-0.2, -0.15) is 26.3 Å². The molecule has 0 aliphatic carbocycles. The molecule has 0 saturated carbocycles. The summed E-state index contributed by atoms with van der Waals surface area (Å²) in [5.41, 5.74) is -1.10. The third kappa shape index (κ3) is 5.31. The average molecular weight is 466 g/mol. The van der Waals surface area contributed by atoms with E-state index in [2.05, 4.69) is 19.6 Å². The van der Waals surface area contributed by atoms with Crippen LogP contribution in [0.15, 0.2) is 47.0 Å². The molecular weight excluding hydrogens is 454 g/mol. The highest BCUT2D eigenvalue weighted by Gasteiger charge is 2.38. The number of halogens is 6. The van der Waals surface area contributed by atoms with Gasteiger partial charge in [0.15, 0.2) is 0 Å². The van der Waals surface area contributed by atoms with Crippen LogP contribution in [0.5, 0.6) is 0 Å². The molecule has 0 radical (unpaired) electrons. The maximum atomic E-state index is 13.0. The van der Waals surface area contributed by atoms with Crippen LogP contribution in [-0.2, 0) is 28.9 Å². The largest absolute Gasteiger partial charge is 0.470 e. The van der Waals surface area contributed by atoms with E-state index < -0.39 is 46.3 Å². The first-order valence-electron chi connectivity index (χ1n) is 8.26. The van der Waals surface area contributed by atoms with E-state index in [-0.39, 0.29) is 16.9 Å². The molecule has 2 aromatic heterocycles. The molecule has 3 aromatic rings. The van der Waals surface area contributed by atoms with Gasteiger partial charge in [-0.05, 0) is 30.3 Å². The van der Waals surface area contributed by atoms with Crippen molar-refractivity contribution in [2.45, 2.75) is 18.9 Å². The molecule has 0 amide bonds. The van der Waals surface area contributed by atoms with Crippen molar-refractivity contribution < 1.29 is 39.2 Å². The molecule has 2 heterocycles. The van der Waals surface area contributed by atoms with Crippen LogP contribution in [-0.4, -0.2) is 29.9 Å². The Morgan fingerprint density at radius 1 is 1.00 bits per heavy atom. The van der Waals surface area contributed by atoms with E-state index in [0.29, 0.717) is 6.07 Å². The van der Waals surface area contributed by atoms with Crippen molar-refractivity contribution in [2.75, 3.05) is 10.6 Å². The zero-order valence-corrected chi connectivity index (χ0v) is 16.3. The maximum absolute atomic E-state index is 13.0. The van der Waals surface area contributed by atoms with Crippen LogP contribution in [0, 0.1) is 0 Å². The number of nitrogens with zero attached hydrogens (tertiary/aromatic N) is 4. The standard InChI is InChI=1S/C17H12F6N4O3S/c1-31(28,29)27(13-4-2-3-11(7-13)16(18,19)20)9-12-6-5-10(8-24-12)14-25-26-15(30-14)17(21,22)23/h2-8H,9H2,1H3. The molecule has 0 unspecified atom stereocenters. The van der Waals surface area contributed by atoms with Gasteiger partial charge in [-0.15, -0.1) is 10.2 Å². The fourth-order valence-electron chi connectivity index (χ4n) is 2.48. The van der Waals surface area contributed by atoms with Crippen LogP contribution in [0.3, 0.4) is 0 Å². The van der Waals surface area contributed by atoms with Crippen LogP contribution in [0.2, 0.25) is 0 Å². The van der Waals surface area contributed by atoms with Gasteiger partial charge in [0, 0.05) is 6.20 Å². The number of alkyl halides is 6. The minimum atomic E-state index is -4.82. The van der Waals surface area contributed by atoms with Gasteiger partial charge in [0.25, 0.3) is 0 Å². The van der Waals surface area contributed by atoms with Crippen LogP contribution in [0.1, 0.15) is 17.1 Å². The first kappa shape index (κ1) is 22.5. The lowest BCUT2D eigenvalue weighted by Gasteiger charge is -2.23. The van der Waals surface area contributed by atoms with Crippen molar-refractivity contribution in [1.29, 1.82) is 0 Å². The van der Waals surface area contributed by atoms with Gasteiger partial charge in [-0.25, -0.2) is 8.42 Å². The summed E-state index contributed by atoms with van der Waals surface area (Å²) in [5.74, 6) is -2.00. The molecule has 7 nitrogen and oxygen atoms in total. The van der Waals surface area contributed by atoms with Gasteiger partial charge in [-0.1, -0.05) is 6.07 Å². The summed E-state index contributed by atoms with van der Waals surface area (Å²) in [7, 11) is -3.99. The van der Waals surface area contributed by atoms with Crippen LogP contribution < -0.4 is 4.31 Å². The lowest BCUT2D eigenvalue weighted by atomic mass is 10.2. The van der Waals surface area contributed by atoms with Crippen molar-refractivity contribution in [3.05, 3.63) is 59.7 Å². The Hall–Kier alpha value is -3.16.